The molecule has 2 aliphatic rings. The lowest BCUT2D eigenvalue weighted by Gasteiger charge is -2.25. The summed E-state index contributed by atoms with van der Waals surface area (Å²) < 4.78 is 0. The highest BCUT2D eigenvalue weighted by atomic mass is 127. The molecule has 1 saturated heterocycles. The Morgan fingerprint density at radius 2 is 2.12 bits per heavy atom. The van der Waals surface area contributed by atoms with Crippen molar-refractivity contribution in [1.82, 2.24) is 10.6 Å². The molecule has 1 aromatic rings. The average Bonchev–Trinajstić information content (AvgIpc) is 2.62. The average molecular weight is 475 g/mol. The molecule has 4 nitrogen and oxygen atoms in total. The first-order valence-corrected chi connectivity index (χ1v) is 10.4. The number of guanidine groups is 1. The van der Waals surface area contributed by atoms with Crippen LogP contribution in [0.3, 0.4) is 0 Å². The molecule has 1 aliphatic heterocycles. The molecule has 0 aromatic heterocycles. The molecular weight excluding hydrogens is 445 g/mol. The number of benzene rings is 1. The minimum Gasteiger partial charge on any atom is -0.508 e. The maximum Gasteiger partial charge on any atom is 0.191 e. The van der Waals surface area contributed by atoms with E-state index in [1.807, 2.05) is 17.8 Å². The number of nitrogens with zero attached hydrogens (tertiary/aromatic N) is 1. The van der Waals surface area contributed by atoms with Crippen LogP contribution in [-0.4, -0.2) is 35.2 Å². The van der Waals surface area contributed by atoms with E-state index in [0.29, 0.717) is 18.3 Å². The third kappa shape index (κ3) is 5.67. The highest BCUT2D eigenvalue weighted by Gasteiger charge is 2.17. The molecule has 1 fully saturated rings. The Hall–Kier alpha value is -0.630. The van der Waals surface area contributed by atoms with Crippen LogP contribution >= 0.6 is 35.7 Å². The van der Waals surface area contributed by atoms with Gasteiger partial charge in [-0.25, -0.2) is 4.99 Å². The highest BCUT2D eigenvalue weighted by Crippen LogP contribution is 2.31. The SMILES string of the molecule is CCNC(=NCc1c(O)ccc2c1CCCC2)NC1CCCSC1.I. The molecule has 0 amide bonds. The van der Waals surface area contributed by atoms with Gasteiger partial charge >= 0.3 is 0 Å². The molecule has 6 heteroatoms. The lowest BCUT2D eigenvalue weighted by molar-refractivity contribution is 0.465. The number of aliphatic imine (C=N–C) groups is 1. The van der Waals surface area contributed by atoms with Gasteiger partial charge in [-0.3, -0.25) is 0 Å². The summed E-state index contributed by atoms with van der Waals surface area (Å²) in [4.78, 5) is 4.77. The number of nitrogens with one attached hydrogen (secondary N) is 2. The molecule has 3 rings (SSSR count). The van der Waals surface area contributed by atoms with Gasteiger partial charge < -0.3 is 15.7 Å². The van der Waals surface area contributed by atoms with Gasteiger partial charge in [0.1, 0.15) is 5.75 Å². The fourth-order valence-electron chi connectivity index (χ4n) is 3.59. The predicted octanol–water partition coefficient (Wildman–Crippen LogP) is 3.84. The first kappa shape index (κ1) is 20.7. The molecule has 0 bridgehead atoms. The molecule has 140 valence electrons. The van der Waals surface area contributed by atoms with Crippen LogP contribution in [-0.2, 0) is 19.4 Å². The Labute approximate surface area is 172 Å². The van der Waals surface area contributed by atoms with Crippen LogP contribution in [0.15, 0.2) is 17.1 Å². The molecular formula is C19H30IN3OS. The van der Waals surface area contributed by atoms with E-state index in [2.05, 4.69) is 23.6 Å². The van der Waals surface area contributed by atoms with Crippen molar-refractivity contribution in [2.24, 2.45) is 4.99 Å². The number of aryl methyl sites for hydroxylation is 1. The molecule has 1 heterocycles. The minimum atomic E-state index is 0. The monoisotopic (exact) mass is 475 g/mol. The van der Waals surface area contributed by atoms with Crippen molar-refractivity contribution in [2.75, 3.05) is 18.1 Å². The summed E-state index contributed by atoms with van der Waals surface area (Å²) in [5.74, 6) is 3.69. The molecule has 0 radical (unpaired) electrons. The Kier molecular flexibility index (Phi) is 8.69. The molecule has 0 saturated carbocycles. The molecule has 1 unspecified atom stereocenters. The van der Waals surface area contributed by atoms with E-state index in [4.69, 9.17) is 4.99 Å². The van der Waals surface area contributed by atoms with E-state index in [9.17, 15) is 5.11 Å². The summed E-state index contributed by atoms with van der Waals surface area (Å²) in [5.41, 5.74) is 3.74. The van der Waals surface area contributed by atoms with Crippen LogP contribution in [0.1, 0.15) is 49.3 Å². The Morgan fingerprint density at radius 1 is 1.28 bits per heavy atom. The maximum absolute atomic E-state index is 10.3. The summed E-state index contributed by atoms with van der Waals surface area (Å²) in [6.07, 6.45) is 7.15. The summed E-state index contributed by atoms with van der Waals surface area (Å²) in [6, 6.07) is 4.42. The zero-order valence-electron chi connectivity index (χ0n) is 15.0. The van der Waals surface area contributed by atoms with E-state index >= 15 is 0 Å². The van der Waals surface area contributed by atoms with Gasteiger partial charge in [-0.1, -0.05) is 6.07 Å². The number of thioether (sulfide) groups is 1. The third-order valence-corrected chi connectivity index (χ3v) is 6.08. The number of phenolic OH excluding ortho intramolecular Hbond substituents is 1. The van der Waals surface area contributed by atoms with E-state index in [1.165, 1.54) is 42.6 Å². The minimum absolute atomic E-state index is 0. The number of fused-ring (bicyclic) bond motifs is 1. The van der Waals surface area contributed by atoms with Crippen LogP contribution in [0.5, 0.6) is 5.75 Å². The number of hydrogen-bond donors (Lipinski definition) is 3. The number of aromatic hydroxyl groups is 1. The van der Waals surface area contributed by atoms with Crippen LogP contribution in [0.4, 0.5) is 0 Å². The number of phenols is 1. The zero-order valence-corrected chi connectivity index (χ0v) is 18.2. The van der Waals surface area contributed by atoms with E-state index < -0.39 is 0 Å². The van der Waals surface area contributed by atoms with Crippen molar-refractivity contribution in [2.45, 2.75) is 58.0 Å². The Morgan fingerprint density at radius 3 is 2.88 bits per heavy atom. The van der Waals surface area contributed by atoms with Crippen LogP contribution in [0.25, 0.3) is 0 Å². The lowest BCUT2D eigenvalue weighted by Crippen LogP contribution is -2.45. The first-order chi connectivity index (χ1) is 11.8. The van der Waals surface area contributed by atoms with Crippen molar-refractivity contribution in [3.63, 3.8) is 0 Å². The number of hydrogen-bond acceptors (Lipinski definition) is 3. The van der Waals surface area contributed by atoms with Gasteiger partial charge in [0.25, 0.3) is 0 Å². The second-order valence-electron chi connectivity index (χ2n) is 6.66. The first-order valence-electron chi connectivity index (χ1n) is 9.23. The van der Waals surface area contributed by atoms with Crippen molar-refractivity contribution in [1.29, 1.82) is 0 Å². The fraction of sp³-hybridized carbons (Fsp3) is 0.632. The van der Waals surface area contributed by atoms with E-state index in [-0.39, 0.29) is 24.0 Å². The normalized spacial score (nSPS) is 20.4. The highest BCUT2D eigenvalue weighted by molar-refractivity contribution is 14.0. The Balaban J connectivity index is 0.00000225. The summed E-state index contributed by atoms with van der Waals surface area (Å²) in [7, 11) is 0. The summed E-state index contributed by atoms with van der Waals surface area (Å²) in [6.45, 7) is 3.49. The number of halogens is 1. The van der Waals surface area contributed by atoms with Crippen molar-refractivity contribution in [3.8, 4) is 5.75 Å². The molecule has 1 aliphatic carbocycles. The van der Waals surface area contributed by atoms with Crippen molar-refractivity contribution >= 4 is 41.7 Å². The van der Waals surface area contributed by atoms with Gasteiger partial charge in [0.05, 0.1) is 6.54 Å². The standard InChI is InChI=1S/C19H29N3OS.HI/c1-2-20-19(22-15-7-5-11-24-13-15)21-12-17-16-8-4-3-6-14(16)9-10-18(17)23;/h9-10,15,23H,2-8,11-13H2,1H3,(H2,20,21,22);1H. The smallest absolute Gasteiger partial charge is 0.191 e. The van der Waals surface area contributed by atoms with Gasteiger partial charge in [0.15, 0.2) is 5.96 Å². The zero-order chi connectivity index (χ0) is 16.8. The topological polar surface area (TPSA) is 56.7 Å². The van der Waals surface area contributed by atoms with Gasteiger partial charge in [-0.05, 0) is 68.4 Å². The van der Waals surface area contributed by atoms with Crippen molar-refractivity contribution < 1.29 is 5.11 Å². The fourth-order valence-corrected chi connectivity index (χ4v) is 4.67. The summed E-state index contributed by atoms with van der Waals surface area (Å²) in [5, 5.41) is 17.2. The molecule has 0 spiro atoms. The van der Waals surface area contributed by atoms with Crippen LogP contribution in [0.2, 0.25) is 0 Å². The van der Waals surface area contributed by atoms with Crippen molar-refractivity contribution in [3.05, 3.63) is 28.8 Å². The van der Waals surface area contributed by atoms with E-state index in [1.54, 1.807) is 0 Å². The third-order valence-electron chi connectivity index (χ3n) is 4.87. The van der Waals surface area contributed by atoms with Gasteiger partial charge in [-0.2, -0.15) is 11.8 Å². The quantitative estimate of drug-likeness (QED) is 0.352. The predicted molar refractivity (Wildman–Crippen MR) is 118 cm³/mol. The van der Waals surface area contributed by atoms with E-state index in [0.717, 1.165) is 36.7 Å². The van der Waals surface area contributed by atoms with Gasteiger partial charge in [-0.15, -0.1) is 24.0 Å². The van der Waals surface area contributed by atoms with Crippen LogP contribution < -0.4 is 10.6 Å². The molecule has 25 heavy (non-hydrogen) atoms. The Bertz CT molecular complexity index is 588. The second kappa shape index (κ2) is 10.5. The molecule has 3 N–H and O–H groups in total. The van der Waals surface area contributed by atoms with Gasteiger partial charge in [0.2, 0.25) is 0 Å². The largest absolute Gasteiger partial charge is 0.508 e. The maximum atomic E-state index is 10.3. The van der Waals surface area contributed by atoms with Gasteiger partial charge in [0, 0.05) is 23.9 Å². The molecule has 1 aromatic carbocycles. The second-order valence-corrected chi connectivity index (χ2v) is 7.81. The lowest BCUT2D eigenvalue weighted by atomic mass is 9.88. The summed E-state index contributed by atoms with van der Waals surface area (Å²) >= 11 is 2.01. The van der Waals surface area contributed by atoms with Crippen LogP contribution in [0, 0.1) is 0 Å². The number of rotatable bonds is 4. The molecule has 1 atom stereocenters.